The first kappa shape index (κ1) is 13.4. The highest BCUT2D eigenvalue weighted by atomic mass is 35.5. The number of H-pyrrole nitrogens is 1. The van der Waals surface area contributed by atoms with Crippen molar-refractivity contribution in [3.8, 4) is 0 Å². The Morgan fingerprint density at radius 3 is 2.84 bits per heavy atom. The molecule has 7 heteroatoms. The van der Waals surface area contributed by atoms with Gasteiger partial charge < -0.3 is 11.1 Å². The summed E-state index contributed by atoms with van der Waals surface area (Å²) in [4.78, 5) is 15.8. The maximum atomic E-state index is 12.0. The lowest BCUT2D eigenvalue weighted by Gasteiger charge is -2.04. The molecule has 0 atom stereocenters. The number of aromatic nitrogens is 3. The minimum absolute atomic E-state index is 0.103. The van der Waals surface area contributed by atoms with Crippen LogP contribution in [0.3, 0.4) is 0 Å². The lowest BCUT2D eigenvalue weighted by atomic mass is 10.1. The second-order valence-corrected chi connectivity index (χ2v) is 4.78. The van der Waals surface area contributed by atoms with Crippen molar-refractivity contribution >= 4 is 29.0 Å². The van der Waals surface area contributed by atoms with Gasteiger partial charge in [-0.15, -0.1) is 0 Å². The molecule has 1 amide bonds. The highest BCUT2D eigenvalue weighted by Crippen LogP contribution is 2.19. The SMILES string of the molecule is CC(C)c1cc(NC(=O)c2cc(N)cnc2Cl)n[nH]1. The smallest absolute Gasteiger partial charge is 0.260 e. The molecule has 0 bridgehead atoms. The van der Waals surface area contributed by atoms with E-state index in [2.05, 4.69) is 20.5 Å². The Morgan fingerprint density at radius 2 is 2.21 bits per heavy atom. The maximum Gasteiger partial charge on any atom is 0.260 e. The molecule has 4 N–H and O–H groups in total. The molecule has 0 fully saturated rings. The van der Waals surface area contributed by atoms with Gasteiger partial charge in [0.1, 0.15) is 5.15 Å². The highest BCUT2D eigenvalue weighted by Gasteiger charge is 2.14. The number of anilines is 2. The quantitative estimate of drug-likeness (QED) is 0.752. The van der Waals surface area contributed by atoms with E-state index in [9.17, 15) is 4.79 Å². The number of hydrogen-bond donors (Lipinski definition) is 3. The van der Waals surface area contributed by atoms with Gasteiger partial charge in [0, 0.05) is 11.8 Å². The van der Waals surface area contributed by atoms with Crippen molar-refractivity contribution in [3.05, 3.63) is 34.7 Å². The third-order valence-electron chi connectivity index (χ3n) is 2.57. The van der Waals surface area contributed by atoms with E-state index in [1.165, 1.54) is 12.3 Å². The van der Waals surface area contributed by atoms with Crippen molar-refractivity contribution in [1.82, 2.24) is 15.2 Å². The number of nitrogens with zero attached hydrogens (tertiary/aromatic N) is 2. The zero-order valence-electron chi connectivity index (χ0n) is 10.6. The van der Waals surface area contributed by atoms with Gasteiger partial charge in [-0.2, -0.15) is 5.10 Å². The average molecular weight is 280 g/mol. The van der Waals surface area contributed by atoms with Crippen molar-refractivity contribution < 1.29 is 4.79 Å². The molecule has 2 aromatic heterocycles. The minimum atomic E-state index is -0.397. The lowest BCUT2D eigenvalue weighted by molar-refractivity contribution is 0.102. The number of amides is 1. The monoisotopic (exact) mass is 279 g/mol. The fraction of sp³-hybridized carbons (Fsp3) is 0.250. The van der Waals surface area contributed by atoms with Gasteiger partial charge in [0.25, 0.3) is 5.91 Å². The van der Waals surface area contributed by atoms with Crippen LogP contribution in [0.25, 0.3) is 0 Å². The number of aromatic amines is 1. The molecule has 0 aromatic carbocycles. The van der Waals surface area contributed by atoms with Crippen LogP contribution in [0.1, 0.15) is 35.8 Å². The Hall–Kier alpha value is -2.08. The summed E-state index contributed by atoms with van der Waals surface area (Å²) in [7, 11) is 0. The highest BCUT2D eigenvalue weighted by molar-refractivity contribution is 6.33. The van der Waals surface area contributed by atoms with Gasteiger partial charge in [0.15, 0.2) is 5.82 Å². The normalized spacial score (nSPS) is 10.7. The van der Waals surface area contributed by atoms with Crippen LogP contribution in [0.5, 0.6) is 0 Å². The Kier molecular flexibility index (Phi) is 3.71. The Labute approximate surface area is 115 Å². The van der Waals surface area contributed by atoms with Crippen LogP contribution in [0.15, 0.2) is 18.3 Å². The summed E-state index contributed by atoms with van der Waals surface area (Å²) >= 11 is 5.86. The number of halogens is 1. The van der Waals surface area contributed by atoms with Crippen LogP contribution in [-0.2, 0) is 0 Å². The van der Waals surface area contributed by atoms with Crippen molar-refractivity contribution in [3.63, 3.8) is 0 Å². The van der Waals surface area contributed by atoms with Crippen molar-refractivity contribution in [2.24, 2.45) is 0 Å². The minimum Gasteiger partial charge on any atom is -0.397 e. The first-order valence-corrected chi connectivity index (χ1v) is 6.13. The number of nitrogens with one attached hydrogen (secondary N) is 2. The summed E-state index contributed by atoms with van der Waals surface area (Å²) in [5.41, 5.74) is 7.11. The van der Waals surface area contributed by atoms with Crippen LogP contribution in [0.2, 0.25) is 5.15 Å². The zero-order valence-corrected chi connectivity index (χ0v) is 11.3. The van der Waals surface area contributed by atoms with E-state index in [1.807, 2.05) is 13.8 Å². The standard InChI is InChI=1S/C12H14ClN5O/c1-6(2)9-4-10(18-17-9)16-12(19)8-3-7(14)5-15-11(8)13/h3-6H,14H2,1-2H3,(H2,16,17,18,19). The lowest BCUT2D eigenvalue weighted by Crippen LogP contribution is -2.13. The second-order valence-electron chi connectivity index (χ2n) is 4.42. The molecule has 0 unspecified atom stereocenters. The molecule has 0 saturated heterocycles. The van der Waals surface area contributed by atoms with Gasteiger partial charge in [-0.05, 0) is 12.0 Å². The summed E-state index contributed by atoms with van der Waals surface area (Å²) in [5.74, 6) is 0.342. The Morgan fingerprint density at radius 1 is 1.47 bits per heavy atom. The molecular formula is C12H14ClN5O. The first-order chi connectivity index (χ1) is 8.97. The summed E-state index contributed by atoms with van der Waals surface area (Å²) in [6.45, 7) is 4.05. The number of carbonyl (C=O) groups is 1. The van der Waals surface area contributed by atoms with E-state index in [4.69, 9.17) is 17.3 Å². The molecule has 0 radical (unpaired) electrons. The molecule has 0 aliphatic heterocycles. The fourth-order valence-corrected chi connectivity index (χ4v) is 1.69. The Bertz CT molecular complexity index is 608. The zero-order chi connectivity index (χ0) is 14.0. The predicted octanol–water partition coefficient (Wildman–Crippen LogP) is 2.42. The van der Waals surface area contributed by atoms with E-state index < -0.39 is 5.91 Å². The van der Waals surface area contributed by atoms with Gasteiger partial charge in [-0.25, -0.2) is 4.98 Å². The van der Waals surface area contributed by atoms with Crippen LogP contribution < -0.4 is 11.1 Å². The summed E-state index contributed by atoms with van der Waals surface area (Å²) in [6.07, 6.45) is 1.39. The summed E-state index contributed by atoms with van der Waals surface area (Å²) in [6, 6.07) is 3.25. The largest absolute Gasteiger partial charge is 0.397 e. The van der Waals surface area contributed by atoms with Crippen molar-refractivity contribution in [2.45, 2.75) is 19.8 Å². The maximum absolute atomic E-state index is 12.0. The Balaban J connectivity index is 2.18. The van der Waals surface area contributed by atoms with E-state index in [0.29, 0.717) is 17.4 Å². The van der Waals surface area contributed by atoms with Gasteiger partial charge in [-0.1, -0.05) is 25.4 Å². The second kappa shape index (κ2) is 5.27. The van der Waals surface area contributed by atoms with Gasteiger partial charge in [-0.3, -0.25) is 9.89 Å². The average Bonchev–Trinajstić information content (AvgIpc) is 2.80. The molecule has 100 valence electrons. The fourth-order valence-electron chi connectivity index (χ4n) is 1.50. The molecule has 0 aliphatic rings. The van der Waals surface area contributed by atoms with Gasteiger partial charge >= 0.3 is 0 Å². The molecule has 6 nitrogen and oxygen atoms in total. The molecular weight excluding hydrogens is 266 g/mol. The number of pyridine rings is 1. The van der Waals surface area contributed by atoms with E-state index in [1.54, 1.807) is 6.07 Å². The molecule has 2 aromatic rings. The third-order valence-corrected chi connectivity index (χ3v) is 2.87. The molecule has 0 spiro atoms. The molecule has 0 saturated carbocycles. The number of nitrogens with two attached hydrogens (primary N) is 1. The molecule has 2 rings (SSSR count). The summed E-state index contributed by atoms with van der Waals surface area (Å²) in [5, 5.41) is 9.60. The van der Waals surface area contributed by atoms with Crippen LogP contribution in [0.4, 0.5) is 11.5 Å². The van der Waals surface area contributed by atoms with E-state index in [0.717, 1.165) is 5.69 Å². The topological polar surface area (TPSA) is 96.7 Å². The van der Waals surface area contributed by atoms with Crippen LogP contribution in [0, 0.1) is 0 Å². The van der Waals surface area contributed by atoms with Crippen LogP contribution in [-0.4, -0.2) is 21.1 Å². The van der Waals surface area contributed by atoms with Gasteiger partial charge in [0.2, 0.25) is 0 Å². The molecule has 19 heavy (non-hydrogen) atoms. The predicted molar refractivity (Wildman–Crippen MR) is 74.3 cm³/mol. The number of rotatable bonds is 3. The molecule has 0 aliphatic carbocycles. The van der Waals surface area contributed by atoms with Crippen LogP contribution >= 0.6 is 11.6 Å². The number of carbonyl (C=O) groups excluding carboxylic acids is 1. The number of hydrogen-bond acceptors (Lipinski definition) is 4. The summed E-state index contributed by atoms with van der Waals surface area (Å²) < 4.78 is 0. The van der Waals surface area contributed by atoms with Crippen molar-refractivity contribution in [1.29, 1.82) is 0 Å². The number of nitrogen functional groups attached to an aromatic ring is 1. The van der Waals surface area contributed by atoms with Gasteiger partial charge in [0.05, 0.1) is 17.4 Å². The van der Waals surface area contributed by atoms with Crippen molar-refractivity contribution in [2.75, 3.05) is 11.1 Å². The first-order valence-electron chi connectivity index (χ1n) is 5.75. The van der Waals surface area contributed by atoms with E-state index in [-0.39, 0.29) is 10.7 Å². The van der Waals surface area contributed by atoms with E-state index >= 15 is 0 Å². The third kappa shape index (κ3) is 3.03. The molecule has 2 heterocycles.